The van der Waals surface area contributed by atoms with Crippen molar-refractivity contribution in [1.82, 2.24) is 10.2 Å². The van der Waals surface area contributed by atoms with Crippen molar-refractivity contribution in [3.63, 3.8) is 0 Å². The normalized spacial score (nSPS) is 12.0. The Labute approximate surface area is 236 Å². The number of carbonyl (C=O) groups excluding carboxylic acids is 2. The molecule has 2 amide bonds. The van der Waals surface area contributed by atoms with Gasteiger partial charge in [0.1, 0.15) is 12.6 Å². The van der Waals surface area contributed by atoms with E-state index in [0.717, 1.165) is 33.8 Å². The molecule has 0 fully saturated rings. The van der Waals surface area contributed by atoms with Crippen LogP contribution in [0, 0.1) is 13.8 Å². The molecule has 0 aliphatic heterocycles. The zero-order chi connectivity index (χ0) is 28.6. The number of sulfonamides is 1. The smallest absolute Gasteiger partial charge is 0.264 e. The van der Waals surface area contributed by atoms with E-state index < -0.39 is 28.5 Å². The fourth-order valence-electron chi connectivity index (χ4n) is 3.98. The van der Waals surface area contributed by atoms with Gasteiger partial charge in [-0.25, -0.2) is 8.42 Å². The van der Waals surface area contributed by atoms with E-state index in [9.17, 15) is 18.0 Å². The molecule has 1 atom stereocenters. The first-order valence-corrected chi connectivity index (χ1v) is 14.8. The summed E-state index contributed by atoms with van der Waals surface area (Å²) >= 11 is 5.99. The number of nitrogens with one attached hydrogen (secondary N) is 1. The minimum Gasteiger partial charge on any atom is -0.354 e. The number of halogens is 1. The van der Waals surface area contributed by atoms with Gasteiger partial charge in [0, 0.05) is 18.1 Å². The summed E-state index contributed by atoms with van der Waals surface area (Å²) in [6, 6.07) is 19.6. The number of benzene rings is 3. The molecule has 0 radical (unpaired) electrons. The van der Waals surface area contributed by atoms with E-state index in [4.69, 9.17) is 11.6 Å². The Morgan fingerprint density at radius 2 is 1.46 bits per heavy atom. The van der Waals surface area contributed by atoms with Crippen molar-refractivity contribution in [2.24, 2.45) is 0 Å². The zero-order valence-corrected chi connectivity index (χ0v) is 24.4. The number of hydrogen-bond acceptors (Lipinski definition) is 4. The number of rotatable bonds is 12. The number of carbonyl (C=O) groups is 2. The zero-order valence-electron chi connectivity index (χ0n) is 22.9. The van der Waals surface area contributed by atoms with Gasteiger partial charge in [0.15, 0.2) is 0 Å². The second kappa shape index (κ2) is 13.6. The monoisotopic (exact) mass is 569 g/mol. The van der Waals surface area contributed by atoms with Gasteiger partial charge in [-0.1, -0.05) is 72.5 Å². The molecule has 0 spiro atoms. The van der Waals surface area contributed by atoms with Crippen LogP contribution in [0.4, 0.5) is 5.69 Å². The van der Waals surface area contributed by atoms with E-state index in [0.29, 0.717) is 17.3 Å². The van der Waals surface area contributed by atoms with E-state index in [1.165, 1.54) is 29.2 Å². The van der Waals surface area contributed by atoms with Crippen molar-refractivity contribution in [1.29, 1.82) is 0 Å². The average Bonchev–Trinajstić information content (AvgIpc) is 2.91. The van der Waals surface area contributed by atoms with E-state index in [-0.39, 0.29) is 17.3 Å². The summed E-state index contributed by atoms with van der Waals surface area (Å²) in [4.78, 5) is 28.3. The first kappa shape index (κ1) is 30.2. The lowest BCUT2D eigenvalue weighted by atomic mass is 10.1. The molecule has 0 saturated heterocycles. The van der Waals surface area contributed by atoms with Crippen molar-refractivity contribution in [2.45, 2.75) is 58.0 Å². The van der Waals surface area contributed by atoms with Gasteiger partial charge in [-0.3, -0.25) is 13.9 Å². The van der Waals surface area contributed by atoms with Crippen molar-refractivity contribution < 1.29 is 18.0 Å². The molecular weight excluding hydrogens is 534 g/mol. The van der Waals surface area contributed by atoms with Crippen LogP contribution in [0.5, 0.6) is 0 Å². The lowest BCUT2D eigenvalue weighted by molar-refractivity contribution is -0.139. The molecule has 208 valence electrons. The molecule has 0 bridgehead atoms. The molecule has 0 aliphatic carbocycles. The average molecular weight is 570 g/mol. The molecule has 0 unspecified atom stereocenters. The van der Waals surface area contributed by atoms with Crippen molar-refractivity contribution in [2.75, 3.05) is 17.4 Å². The molecule has 0 aromatic heterocycles. The van der Waals surface area contributed by atoms with Gasteiger partial charge in [0.25, 0.3) is 10.0 Å². The summed E-state index contributed by atoms with van der Waals surface area (Å²) in [6.07, 6.45) is 1.75. The molecule has 1 N–H and O–H groups in total. The Hall–Kier alpha value is -3.36. The van der Waals surface area contributed by atoms with Crippen LogP contribution in [0.3, 0.4) is 0 Å². The van der Waals surface area contributed by atoms with Gasteiger partial charge in [-0.05, 0) is 69.2 Å². The number of nitrogens with zero attached hydrogens (tertiary/aromatic N) is 2. The van der Waals surface area contributed by atoms with E-state index >= 15 is 0 Å². The maximum Gasteiger partial charge on any atom is 0.264 e. The van der Waals surface area contributed by atoms with Gasteiger partial charge < -0.3 is 10.2 Å². The largest absolute Gasteiger partial charge is 0.354 e. The molecular formula is C30H36ClN3O4S. The topological polar surface area (TPSA) is 86.8 Å². The van der Waals surface area contributed by atoms with Gasteiger partial charge in [0.2, 0.25) is 11.8 Å². The van der Waals surface area contributed by atoms with Crippen molar-refractivity contribution in [3.05, 3.63) is 94.5 Å². The number of amides is 2. The highest BCUT2D eigenvalue weighted by Gasteiger charge is 2.32. The Balaban J connectivity index is 1.98. The number of aryl methyl sites for hydroxylation is 2. The highest BCUT2D eigenvalue weighted by molar-refractivity contribution is 7.92. The summed E-state index contributed by atoms with van der Waals surface area (Å²) in [5.41, 5.74) is 3.21. The maximum absolute atomic E-state index is 13.9. The van der Waals surface area contributed by atoms with Crippen LogP contribution in [0.25, 0.3) is 0 Å². The quantitative estimate of drug-likeness (QED) is 0.292. The third-order valence-corrected chi connectivity index (χ3v) is 8.51. The second-order valence-corrected chi connectivity index (χ2v) is 11.9. The third-order valence-electron chi connectivity index (χ3n) is 6.47. The molecule has 0 saturated carbocycles. The Morgan fingerprint density at radius 1 is 0.897 bits per heavy atom. The fourth-order valence-corrected chi connectivity index (χ4v) is 5.52. The van der Waals surface area contributed by atoms with E-state index in [2.05, 4.69) is 5.32 Å². The van der Waals surface area contributed by atoms with Crippen LogP contribution in [-0.4, -0.2) is 44.3 Å². The summed E-state index contributed by atoms with van der Waals surface area (Å²) in [5, 5.41) is 3.29. The van der Waals surface area contributed by atoms with Gasteiger partial charge >= 0.3 is 0 Å². The van der Waals surface area contributed by atoms with Crippen molar-refractivity contribution >= 4 is 39.1 Å². The minimum absolute atomic E-state index is 0.00992. The third kappa shape index (κ3) is 8.07. The van der Waals surface area contributed by atoms with Crippen molar-refractivity contribution in [3.8, 4) is 0 Å². The fraction of sp³-hybridized carbons (Fsp3) is 0.333. The maximum atomic E-state index is 13.9. The van der Waals surface area contributed by atoms with Crippen LogP contribution in [-0.2, 0) is 26.2 Å². The lowest BCUT2D eigenvalue weighted by Gasteiger charge is -2.32. The first-order chi connectivity index (χ1) is 18.5. The molecule has 9 heteroatoms. The van der Waals surface area contributed by atoms with Crippen LogP contribution < -0.4 is 9.62 Å². The number of unbranched alkanes of at least 4 members (excludes halogenated alkanes) is 1. The Bertz CT molecular complexity index is 1360. The van der Waals surface area contributed by atoms with E-state index in [1.807, 2.05) is 45.0 Å². The molecule has 7 nitrogen and oxygen atoms in total. The molecule has 3 rings (SSSR count). The van der Waals surface area contributed by atoms with Gasteiger partial charge in [-0.2, -0.15) is 0 Å². The minimum atomic E-state index is -4.13. The summed E-state index contributed by atoms with van der Waals surface area (Å²) in [7, 11) is -4.13. The summed E-state index contributed by atoms with van der Waals surface area (Å²) < 4.78 is 28.7. The molecule has 0 heterocycles. The van der Waals surface area contributed by atoms with Crippen LogP contribution in [0.15, 0.2) is 77.7 Å². The second-order valence-electron chi connectivity index (χ2n) is 9.63. The first-order valence-electron chi connectivity index (χ1n) is 13.0. The number of hydrogen-bond donors (Lipinski definition) is 1. The Morgan fingerprint density at radius 3 is 2.03 bits per heavy atom. The van der Waals surface area contributed by atoms with Crippen LogP contribution in [0.1, 0.15) is 43.4 Å². The molecule has 39 heavy (non-hydrogen) atoms. The molecule has 0 aliphatic rings. The predicted octanol–water partition coefficient (Wildman–Crippen LogP) is 5.49. The van der Waals surface area contributed by atoms with Gasteiger partial charge in [-0.15, -0.1) is 0 Å². The molecule has 3 aromatic rings. The SMILES string of the molecule is CCCCNC(=O)[C@@H](C)N(Cc1ccc(C)cc1)C(=O)CN(c1ccc(C)cc1)S(=O)(=O)c1ccc(Cl)cc1. The Kier molecular flexibility index (Phi) is 10.5. The standard InChI is InChI=1S/C30H36ClN3O4S/c1-5-6-19-32-30(36)24(4)33(20-25-11-7-22(2)8-12-25)29(35)21-34(27-15-9-23(3)10-16-27)39(37,38)28-17-13-26(31)14-18-28/h7-18,24H,5-6,19-21H2,1-4H3,(H,32,36)/t24-/m1/s1. The molecule has 3 aromatic carbocycles. The summed E-state index contributed by atoms with van der Waals surface area (Å²) in [5.74, 6) is -0.779. The lowest BCUT2D eigenvalue weighted by Crippen LogP contribution is -2.51. The van der Waals surface area contributed by atoms with E-state index in [1.54, 1.807) is 31.2 Å². The van der Waals surface area contributed by atoms with Crippen LogP contribution in [0.2, 0.25) is 5.02 Å². The van der Waals surface area contributed by atoms with Crippen LogP contribution >= 0.6 is 11.6 Å². The number of anilines is 1. The summed E-state index contributed by atoms with van der Waals surface area (Å²) in [6.45, 7) is 7.75. The predicted molar refractivity (Wildman–Crippen MR) is 156 cm³/mol. The highest BCUT2D eigenvalue weighted by atomic mass is 35.5. The highest BCUT2D eigenvalue weighted by Crippen LogP contribution is 2.26. The van der Waals surface area contributed by atoms with Gasteiger partial charge in [0.05, 0.1) is 10.6 Å².